The van der Waals surface area contributed by atoms with Crippen LogP contribution in [0.4, 0.5) is 0 Å². The van der Waals surface area contributed by atoms with Crippen molar-refractivity contribution >= 4 is 18.5 Å². The second-order valence-corrected chi connectivity index (χ2v) is 5.68. The summed E-state index contributed by atoms with van der Waals surface area (Å²) in [7, 11) is 1.41. The van der Waals surface area contributed by atoms with Gasteiger partial charge in [0.25, 0.3) is 0 Å². The molecule has 2 rings (SSSR count). The average molecular weight is 230 g/mol. The van der Waals surface area contributed by atoms with Crippen LogP contribution in [0.15, 0.2) is 54.6 Å². The van der Waals surface area contributed by atoms with Gasteiger partial charge in [-0.3, -0.25) is 0 Å². The molecular formula is C14H15OP. The molecule has 2 heteroatoms. The van der Waals surface area contributed by atoms with E-state index in [0.717, 1.165) is 5.75 Å². The third kappa shape index (κ3) is 2.25. The van der Waals surface area contributed by atoms with Crippen molar-refractivity contribution in [1.29, 1.82) is 0 Å². The van der Waals surface area contributed by atoms with Gasteiger partial charge in [-0.15, -0.1) is 0 Å². The van der Waals surface area contributed by atoms with Gasteiger partial charge in [0.2, 0.25) is 0 Å². The van der Waals surface area contributed by atoms with Crippen molar-refractivity contribution in [3.63, 3.8) is 0 Å². The zero-order chi connectivity index (χ0) is 11.4. The van der Waals surface area contributed by atoms with Crippen LogP contribution in [0.25, 0.3) is 0 Å². The third-order valence-electron chi connectivity index (χ3n) is 2.59. The van der Waals surface area contributed by atoms with Crippen molar-refractivity contribution in [3.05, 3.63) is 54.6 Å². The number of rotatable bonds is 3. The van der Waals surface area contributed by atoms with Crippen LogP contribution in [0.1, 0.15) is 0 Å². The normalized spacial score (nSPS) is 12.1. The minimum absolute atomic E-state index is 0.322. The van der Waals surface area contributed by atoms with E-state index in [2.05, 4.69) is 49.1 Å². The maximum Gasteiger partial charge on any atom is 0.126 e. The standard InChI is InChI=1S/C14H15OP/c1-15-13-10-6-7-11-14(13)16(2)12-8-4-3-5-9-12/h3-11H,1-2H3. The maximum atomic E-state index is 5.40. The smallest absolute Gasteiger partial charge is 0.126 e. The summed E-state index contributed by atoms with van der Waals surface area (Å²) in [6.45, 7) is 2.27. The fraction of sp³-hybridized carbons (Fsp3) is 0.143. The Morgan fingerprint density at radius 3 is 2.19 bits per heavy atom. The molecule has 0 amide bonds. The van der Waals surface area contributed by atoms with Gasteiger partial charge in [0.1, 0.15) is 5.75 Å². The number of ether oxygens (including phenoxy) is 1. The first-order chi connectivity index (χ1) is 7.83. The SMILES string of the molecule is COc1ccccc1P(C)c1ccccc1. The molecule has 0 saturated carbocycles. The number of para-hydroxylation sites is 1. The molecule has 1 unspecified atom stereocenters. The van der Waals surface area contributed by atoms with Crippen LogP contribution in [0, 0.1) is 0 Å². The van der Waals surface area contributed by atoms with E-state index in [1.54, 1.807) is 7.11 Å². The van der Waals surface area contributed by atoms with Crippen molar-refractivity contribution in [1.82, 2.24) is 0 Å². The lowest BCUT2D eigenvalue weighted by atomic mass is 10.3. The molecule has 0 aliphatic rings. The second-order valence-electron chi connectivity index (χ2n) is 3.57. The van der Waals surface area contributed by atoms with Crippen LogP contribution < -0.4 is 15.3 Å². The highest BCUT2D eigenvalue weighted by Crippen LogP contribution is 2.32. The van der Waals surface area contributed by atoms with E-state index in [9.17, 15) is 0 Å². The molecule has 0 aromatic heterocycles. The van der Waals surface area contributed by atoms with Crippen molar-refractivity contribution in [2.45, 2.75) is 0 Å². The highest BCUT2D eigenvalue weighted by Gasteiger charge is 2.11. The van der Waals surface area contributed by atoms with E-state index < -0.39 is 0 Å². The van der Waals surface area contributed by atoms with Gasteiger partial charge < -0.3 is 4.74 Å². The first-order valence-corrected chi connectivity index (χ1v) is 7.03. The number of hydrogen-bond donors (Lipinski definition) is 0. The molecule has 2 aromatic carbocycles. The summed E-state index contributed by atoms with van der Waals surface area (Å²) in [5, 5.41) is 2.67. The lowest BCUT2D eigenvalue weighted by Crippen LogP contribution is -2.12. The molecule has 0 fully saturated rings. The lowest BCUT2D eigenvalue weighted by molar-refractivity contribution is 0.418. The van der Waals surface area contributed by atoms with E-state index in [0.29, 0.717) is 0 Å². The van der Waals surface area contributed by atoms with E-state index in [4.69, 9.17) is 4.74 Å². The van der Waals surface area contributed by atoms with Gasteiger partial charge in [-0.25, -0.2) is 0 Å². The average Bonchev–Trinajstić information content (AvgIpc) is 2.39. The minimum atomic E-state index is -0.322. The molecule has 0 aliphatic heterocycles. The van der Waals surface area contributed by atoms with Gasteiger partial charge in [-0.05, 0) is 26.0 Å². The highest BCUT2D eigenvalue weighted by atomic mass is 31.1. The molecule has 0 radical (unpaired) electrons. The molecule has 0 saturated heterocycles. The van der Waals surface area contributed by atoms with Crippen molar-refractivity contribution in [2.75, 3.05) is 13.8 Å². The summed E-state index contributed by atoms with van der Waals surface area (Å²) in [5.41, 5.74) is 0. The Kier molecular flexibility index (Phi) is 3.58. The first-order valence-electron chi connectivity index (χ1n) is 5.24. The largest absolute Gasteiger partial charge is 0.496 e. The maximum absolute atomic E-state index is 5.40. The van der Waals surface area contributed by atoms with E-state index >= 15 is 0 Å². The molecule has 16 heavy (non-hydrogen) atoms. The van der Waals surface area contributed by atoms with Gasteiger partial charge in [-0.2, -0.15) is 0 Å². The van der Waals surface area contributed by atoms with Crippen LogP contribution in [0.3, 0.4) is 0 Å². The fourth-order valence-corrected chi connectivity index (χ4v) is 3.40. The quantitative estimate of drug-likeness (QED) is 0.737. The molecule has 1 nitrogen and oxygen atoms in total. The molecule has 0 N–H and O–H groups in total. The number of hydrogen-bond acceptors (Lipinski definition) is 1. The van der Waals surface area contributed by atoms with E-state index in [-0.39, 0.29) is 7.92 Å². The Hall–Kier alpha value is -1.33. The molecular weight excluding hydrogens is 215 g/mol. The summed E-state index contributed by atoms with van der Waals surface area (Å²) in [6.07, 6.45) is 0. The van der Waals surface area contributed by atoms with Gasteiger partial charge in [-0.1, -0.05) is 48.5 Å². The number of benzene rings is 2. The Morgan fingerprint density at radius 1 is 0.875 bits per heavy atom. The predicted molar refractivity (Wildman–Crippen MR) is 71.5 cm³/mol. The van der Waals surface area contributed by atoms with Crippen LogP contribution in [-0.4, -0.2) is 13.8 Å². The lowest BCUT2D eigenvalue weighted by Gasteiger charge is -2.16. The first kappa shape index (κ1) is 11.2. The minimum Gasteiger partial charge on any atom is -0.496 e. The molecule has 82 valence electrons. The van der Waals surface area contributed by atoms with Gasteiger partial charge in [0.05, 0.1) is 7.11 Å². The molecule has 0 heterocycles. The van der Waals surface area contributed by atoms with Crippen LogP contribution in [0.5, 0.6) is 5.75 Å². The van der Waals surface area contributed by atoms with Gasteiger partial charge >= 0.3 is 0 Å². The number of methoxy groups -OCH3 is 1. The van der Waals surface area contributed by atoms with E-state index in [1.807, 2.05) is 12.1 Å². The van der Waals surface area contributed by atoms with Crippen LogP contribution in [-0.2, 0) is 0 Å². The third-order valence-corrected chi connectivity index (χ3v) is 4.75. The van der Waals surface area contributed by atoms with Crippen molar-refractivity contribution < 1.29 is 4.74 Å². The second kappa shape index (κ2) is 5.14. The summed E-state index contributed by atoms with van der Waals surface area (Å²) >= 11 is 0. The van der Waals surface area contributed by atoms with Crippen LogP contribution in [0.2, 0.25) is 0 Å². The molecule has 0 spiro atoms. The fourth-order valence-electron chi connectivity index (χ4n) is 1.70. The van der Waals surface area contributed by atoms with Gasteiger partial charge in [0.15, 0.2) is 0 Å². The molecule has 2 aromatic rings. The Labute approximate surface area is 97.8 Å². The van der Waals surface area contributed by atoms with E-state index in [1.165, 1.54) is 10.6 Å². The van der Waals surface area contributed by atoms with Crippen LogP contribution >= 0.6 is 7.92 Å². The summed E-state index contributed by atoms with van der Waals surface area (Å²) in [5.74, 6) is 0.986. The highest BCUT2D eigenvalue weighted by molar-refractivity contribution is 7.72. The topological polar surface area (TPSA) is 9.23 Å². The molecule has 1 atom stereocenters. The zero-order valence-electron chi connectivity index (χ0n) is 9.55. The Balaban J connectivity index is 2.37. The summed E-state index contributed by atoms with van der Waals surface area (Å²) in [4.78, 5) is 0. The summed E-state index contributed by atoms with van der Waals surface area (Å²) in [6, 6.07) is 18.8. The van der Waals surface area contributed by atoms with Crippen molar-refractivity contribution in [2.24, 2.45) is 0 Å². The molecule has 0 aliphatic carbocycles. The van der Waals surface area contributed by atoms with Crippen molar-refractivity contribution in [3.8, 4) is 5.75 Å². The predicted octanol–water partition coefficient (Wildman–Crippen LogP) is 2.76. The molecule has 0 bridgehead atoms. The zero-order valence-corrected chi connectivity index (χ0v) is 10.4. The monoisotopic (exact) mass is 230 g/mol. The Bertz CT molecular complexity index is 453. The summed E-state index contributed by atoms with van der Waals surface area (Å²) < 4.78 is 5.40. The van der Waals surface area contributed by atoms with Gasteiger partial charge in [0, 0.05) is 5.30 Å². The Morgan fingerprint density at radius 2 is 1.50 bits per heavy atom.